The maximum atomic E-state index is 13.2. The van der Waals surface area contributed by atoms with Crippen molar-refractivity contribution in [3.8, 4) is 29.1 Å². The summed E-state index contributed by atoms with van der Waals surface area (Å²) in [6.07, 6.45) is 0. The third-order valence-electron chi connectivity index (χ3n) is 7.41. The second kappa shape index (κ2) is 12.8. The first-order valence-corrected chi connectivity index (χ1v) is 14.9. The van der Waals surface area contributed by atoms with Crippen LogP contribution in [0, 0.1) is 11.3 Å². The molecule has 7 nitrogen and oxygen atoms in total. The van der Waals surface area contributed by atoms with Gasteiger partial charge in [-0.2, -0.15) is 5.26 Å². The molecule has 0 saturated heterocycles. The molecule has 5 aromatic carbocycles. The highest BCUT2D eigenvalue weighted by molar-refractivity contribution is 6.35. The molecule has 0 spiro atoms. The van der Waals surface area contributed by atoms with Gasteiger partial charge in [-0.05, 0) is 59.7 Å². The Morgan fingerprint density at radius 2 is 1.76 bits per heavy atom. The fourth-order valence-electron chi connectivity index (χ4n) is 5.29. The topological polar surface area (TPSA) is 104 Å². The first kappa shape index (κ1) is 29.9. The van der Waals surface area contributed by atoms with Crippen molar-refractivity contribution >= 4 is 39.9 Å². The average molecular weight is 638 g/mol. The van der Waals surface area contributed by atoms with Crippen molar-refractivity contribution in [2.24, 2.45) is 5.73 Å². The summed E-state index contributed by atoms with van der Waals surface area (Å²) >= 11 is 12.4. The molecule has 45 heavy (non-hydrogen) atoms. The minimum Gasteiger partial charge on any atom is -0.490 e. The number of esters is 1. The second-order valence-corrected chi connectivity index (χ2v) is 11.0. The summed E-state index contributed by atoms with van der Waals surface area (Å²) in [4.78, 5) is 13.2. The minimum absolute atomic E-state index is 0.0387. The highest BCUT2D eigenvalue weighted by Crippen LogP contribution is 2.45. The number of nitriles is 1. The van der Waals surface area contributed by atoms with Crippen LogP contribution in [0.3, 0.4) is 0 Å². The first-order valence-electron chi connectivity index (χ1n) is 14.1. The number of nitrogens with two attached hydrogens (primary N) is 1. The number of hydrogen-bond donors (Lipinski definition) is 1. The Morgan fingerprint density at radius 1 is 0.933 bits per heavy atom. The smallest absolute Gasteiger partial charge is 0.344 e. The number of allylic oxidation sites excluding steroid dienone is 1. The average Bonchev–Trinajstić information content (AvgIpc) is 3.04. The predicted octanol–water partition coefficient (Wildman–Crippen LogP) is 8.56. The lowest BCUT2D eigenvalue weighted by atomic mass is 9.83. The normalized spacial score (nSPS) is 13.9. The van der Waals surface area contributed by atoms with E-state index in [1.807, 2.05) is 55.5 Å². The number of nitrogens with zero attached hydrogens (tertiary/aromatic N) is 1. The fraction of sp³-hybridized carbons (Fsp3) is 0.111. The van der Waals surface area contributed by atoms with E-state index in [4.69, 9.17) is 47.9 Å². The minimum atomic E-state index is -0.569. The molecule has 9 heteroatoms. The van der Waals surface area contributed by atoms with Crippen LogP contribution in [-0.4, -0.2) is 12.6 Å². The molecule has 1 heterocycles. The summed E-state index contributed by atoms with van der Waals surface area (Å²) in [6.45, 7) is 2.46. The number of hydrogen-bond acceptors (Lipinski definition) is 7. The summed E-state index contributed by atoms with van der Waals surface area (Å²) in [6, 6.07) is 31.0. The van der Waals surface area contributed by atoms with Gasteiger partial charge >= 0.3 is 5.97 Å². The molecule has 224 valence electrons. The van der Waals surface area contributed by atoms with Gasteiger partial charge in [-0.25, -0.2) is 4.79 Å². The molecule has 5 aromatic rings. The van der Waals surface area contributed by atoms with E-state index >= 15 is 0 Å². The van der Waals surface area contributed by atoms with Crippen LogP contribution in [0.2, 0.25) is 10.0 Å². The van der Waals surface area contributed by atoms with Gasteiger partial charge in [0.25, 0.3) is 0 Å². The predicted molar refractivity (Wildman–Crippen MR) is 173 cm³/mol. The molecule has 0 aromatic heterocycles. The van der Waals surface area contributed by atoms with E-state index in [9.17, 15) is 10.1 Å². The van der Waals surface area contributed by atoms with Gasteiger partial charge in [0.2, 0.25) is 5.88 Å². The van der Waals surface area contributed by atoms with E-state index in [1.165, 1.54) is 0 Å². The molecule has 6 rings (SSSR count). The molecule has 0 aliphatic carbocycles. The lowest BCUT2D eigenvalue weighted by Gasteiger charge is -2.27. The SMILES string of the molecule is CCOc1cc(C2C(C#N)=C(N)Oc3cc(OC(=O)c4cccc5ccccc45)ccc32)ccc1OCc1ccc(Cl)cc1Cl. The molecule has 0 fully saturated rings. The van der Waals surface area contributed by atoms with Crippen molar-refractivity contribution in [3.63, 3.8) is 0 Å². The largest absolute Gasteiger partial charge is 0.490 e. The van der Waals surface area contributed by atoms with Gasteiger partial charge in [-0.15, -0.1) is 0 Å². The van der Waals surface area contributed by atoms with Gasteiger partial charge in [0.15, 0.2) is 11.5 Å². The zero-order valence-corrected chi connectivity index (χ0v) is 25.6. The number of ether oxygens (including phenoxy) is 4. The van der Waals surface area contributed by atoms with E-state index < -0.39 is 11.9 Å². The van der Waals surface area contributed by atoms with Gasteiger partial charge in [0.1, 0.15) is 29.7 Å². The lowest BCUT2D eigenvalue weighted by Crippen LogP contribution is -2.21. The van der Waals surface area contributed by atoms with E-state index in [1.54, 1.807) is 48.5 Å². The Balaban J connectivity index is 1.30. The third-order valence-corrected chi connectivity index (χ3v) is 8.00. The van der Waals surface area contributed by atoms with Crippen molar-refractivity contribution in [1.29, 1.82) is 5.26 Å². The first-order chi connectivity index (χ1) is 21.9. The Hall–Kier alpha value is -5.16. The van der Waals surface area contributed by atoms with E-state index in [0.717, 1.165) is 21.9 Å². The number of fused-ring (bicyclic) bond motifs is 2. The molecule has 0 amide bonds. The second-order valence-electron chi connectivity index (χ2n) is 10.2. The molecule has 2 N–H and O–H groups in total. The van der Waals surface area contributed by atoms with Crippen LogP contribution >= 0.6 is 23.2 Å². The van der Waals surface area contributed by atoms with Crippen molar-refractivity contribution in [1.82, 2.24) is 0 Å². The molecule has 1 atom stereocenters. The van der Waals surface area contributed by atoms with Crippen LogP contribution in [0.15, 0.2) is 109 Å². The highest BCUT2D eigenvalue weighted by Gasteiger charge is 2.32. The molecule has 1 aliphatic rings. The lowest BCUT2D eigenvalue weighted by molar-refractivity contribution is 0.0736. The Bertz CT molecular complexity index is 2010. The summed E-state index contributed by atoms with van der Waals surface area (Å²) in [5.41, 5.74) is 9.12. The Labute approximate surface area is 269 Å². The Morgan fingerprint density at radius 3 is 2.56 bits per heavy atom. The molecule has 1 unspecified atom stereocenters. The van der Waals surface area contributed by atoms with Crippen LogP contribution in [0.5, 0.6) is 23.0 Å². The monoisotopic (exact) mass is 636 g/mol. The van der Waals surface area contributed by atoms with Crippen LogP contribution in [0.25, 0.3) is 10.8 Å². The van der Waals surface area contributed by atoms with Crippen molar-refractivity contribution in [2.75, 3.05) is 6.61 Å². The van der Waals surface area contributed by atoms with Crippen molar-refractivity contribution in [3.05, 3.63) is 141 Å². The van der Waals surface area contributed by atoms with E-state index in [2.05, 4.69) is 6.07 Å². The molecular formula is C36H26Cl2N2O5. The van der Waals surface area contributed by atoms with Crippen molar-refractivity contribution in [2.45, 2.75) is 19.4 Å². The molecule has 1 aliphatic heterocycles. The van der Waals surface area contributed by atoms with Crippen LogP contribution in [0.1, 0.15) is 39.9 Å². The maximum absolute atomic E-state index is 13.2. The molecule has 0 radical (unpaired) electrons. The summed E-state index contributed by atoms with van der Waals surface area (Å²) < 4.78 is 23.6. The summed E-state index contributed by atoms with van der Waals surface area (Å²) in [5, 5.41) is 12.8. The molecular weight excluding hydrogens is 611 g/mol. The van der Waals surface area contributed by atoms with E-state index in [0.29, 0.717) is 45.0 Å². The quantitative estimate of drug-likeness (QED) is 0.134. The van der Waals surface area contributed by atoms with Crippen LogP contribution in [-0.2, 0) is 6.61 Å². The highest BCUT2D eigenvalue weighted by atomic mass is 35.5. The molecule has 0 saturated carbocycles. The van der Waals surface area contributed by atoms with Gasteiger partial charge in [0.05, 0.1) is 18.1 Å². The Kier molecular flexibility index (Phi) is 8.52. The van der Waals surface area contributed by atoms with Gasteiger partial charge in [0, 0.05) is 27.2 Å². The zero-order chi connectivity index (χ0) is 31.5. The maximum Gasteiger partial charge on any atom is 0.344 e. The number of halogens is 2. The van der Waals surface area contributed by atoms with Gasteiger partial charge in [-0.3, -0.25) is 0 Å². The standard InChI is InChI=1S/C36H26Cl2N2O5/c1-2-42-33-16-22(11-15-31(33)43-20-23-10-12-24(37)17-30(23)38)34-28-14-13-25(18-32(28)45-35(40)29(34)19-39)44-36(41)27-9-5-7-21-6-3-4-8-26(21)27/h3-18,34H,2,20,40H2,1H3. The summed E-state index contributed by atoms with van der Waals surface area (Å²) in [7, 11) is 0. The summed E-state index contributed by atoms with van der Waals surface area (Å²) in [5.74, 6) is 0.532. The van der Waals surface area contributed by atoms with Gasteiger partial charge in [-0.1, -0.05) is 77.8 Å². The van der Waals surface area contributed by atoms with Crippen LogP contribution < -0.4 is 24.7 Å². The van der Waals surface area contributed by atoms with E-state index in [-0.39, 0.29) is 23.8 Å². The fourth-order valence-corrected chi connectivity index (χ4v) is 5.76. The van der Waals surface area contributed by atoms with Crippen molar-refractivity contribution < 1.29 is 23.7 Å². The van der Waals surface area contributed by atoms with Crippen LogP contribution in [0.4, 0.5) is 0 Å². The number of rotatable bonds is 8. The van der Waals surface area contributed by atoms with Gasteiger partial charge < -0.3 is 24.7 Å². The third kappa shape index (κ3) is 6.12. The number of benzene rings is 5. The number of carbonyl (C=O) groups excluding carboxylic acids is 1. The number of carbonyl (C=O) groups is 1. The molecule has 0 bridgehead atoms. The zero-order valence-electron chi connectivity index (χ0n) is 24.1.